The zero-order valence-corrected chi connectivity index (χ0v) is 8.03. The highest BCUT2D eigenvalue weighted by atomic mass is 16.5. The minimum absolute atomic E-state index is 0.0431. The van der Waals surface area contributed by atoms with Crippen molar-refractivity contribution in [2.24, 2.45) is 0 Å². The third-order valence-electron chi connectivity index (χ3n) is 1.79. The number of benzene rings is 1. The summed E-state index contributed by atoms with van der Waals surface area (Å²) in [6.07, 6.45) is 1.21. The normalized spacial score (nSPS) is 9.50. The molecule has 1 aromatic carbocycles. The predicted molar refractivity (Wildman–Crippen MR) is 52.6 cm³/mol. The van der Waals surface area contributed by atoms with Crippen LogP contribution in [-0.4, -0.2) is 18.7 Å². The minimum atomic E-state index is 0.0431. The van der Waals surface area contributed by atoms with Crippen LogP contribution in [0.4, 0.5) is 0 Å². The second kappa shape index (κ2) is 5.17. The van der Waals surface area contributed by atoms with Crippen LogP contribution in [0.5, 0.6) is 5.75 Å². The number of Topliss-reactive ketones (excluding diaryl/α,β-unsaturated/α-hetero) is 1. The molecule has 3 nitrogen and oxygen atoms in total. The fraction of sp³-hybridized carbons (Fsp3) is 0.273. The number of ketones is 1. The molecule has 0 fully saturated rings. The number of carbonyl (C=O) groups excluding carboxylic acids is 2. The van der Waals surface area contributed by atoms with Gasteiger partial charge in [-0.2, -0.15) is 0 Å². The monoisotopic (exact) mass is 192 g/mol. The lowest BCUT2D eigenvalue weighted by atomic mass is 10.2. The van der Waals surface area contributed by atoms with Crippen molar-refractivity contribution in [3.8, 4) is 5.75 Å². The Bertz CT molecular complexity index is 331. The van der Waals surface area contributed by atoms with Crippen LogP contribution in [0.3, 0.4) is 0 Å². The Kier molecular flexibility index (Phi) is 3.85. The average Bonchev–Trinajstić information content (AvgIpc) is 2.26. The molecule has 0 saturated carbocycles. The molecule has 14 heavy (non-hydrogen) atoms. The van der Waals surface area contributed by atoms with E-state index in [1.54, 1.807) is 31.2 Å². The minimum Gasteiger partial charge on any atom is -0.486 e. The van der Waals surface area contributed by atoms with Gasteiger partial charge in [0.1, 0.15) is 18.6 Å². The number of hydrogen-bond acceptors (Lipinski definition) is 3. The molecule has 0 heterocycles. The van der Waals surface area contributed by atoms with Crippen molar-refractivity contribution in [2.45, 2.75) is 13.3 Å². The van der Waals surface area contributed by atoms with E-state index in [0.29, 0.717) is 17.7 Å². The Morgan fingerprint density at radius 3 is 2.93 bits per heavy atom. The Labute approximate surface area is 82.7 Å². The fourth-order valence-electron chi connectivity index (χ4n) is 0.944. The van der Waals surface area contributed by atoms with Gasteiger partial charge in [-0.1, -0.05) is 19.1 Å². The van der Waals surface area contributed by atoms with E-state index >= 15 is 0 Å². The number of aldehydes is 1. The van der Waals surface area contributed by atoms with Crippen molar-refractivity contribution < 1.29 is 14.3 Å². The van der Waals surface area contributed by atoms with Gasteiger partial charge < -0.3 is 4.74 Å². The Balaban J connectivity index is 2.58. The van der Waals surface area contributed by atoms with Gasteiger partial charge >= 0.3 is 0 Å². The van der Waals surface area contributed by atoms with Crippen LogP contribution in [0.2, 0.25) is 0 Å². The average molecular weight is 192 g/mol. The van der Waals surface area contributed by atoms with E-state index in [1.807, 2.05) is 0 Å². The smallest absolute Gasteiger partial charge is 0.169 e. The maximum atomic E-state index is 10.9. The quantitative estimate of drug-likeness (QED) is 0.669. The maximum absolute atomic E-state index is 10.9. The van der Waals surface area contributed by atoms with Crippen LogP contribution >= 0.6 is 0 Å². The molecule has 0 aliphatic rings. The van der Waals surface area contributed by atoms with Crippen LogP contribution in [0, 0.1) is 0 Å². The van der Waals surface area contributed by atoms with Gasteiger partial charge in [0.05, 0.1) is 0 Å². The molecular weight excluding hydrogens is 180 g/mol. The third-order valence-corrected chi connectivity index (χ3v) is 1.79. The van der Waals surface area contributed by atoms with E-state index in [4.69, 9.17) is 4.74 Å². The standard InChI is InChI=1S/C11H12O3/c1-2-10(13)8-14-11-5-3-4-9(6-11)7-12/h3-7H,2,8H2,1H3. The van der Waals surface area contributed by atoms with Crippen LogP contribution in [-0.2, 0) is 4.79 Å². The molecule has 3 heteroatoms. The van der Waals surface area contributed by atoms with Gasteiger partial charge in [-0.15, -0.1) is 0 Å². The van der Waals surface area contributed by atoms with Gasteiger partial charge in [0.25, 0.3) is 0 Å². The molecule has 0 aliphatic carbocycles. The fourth-order valence-corrected chi connectivity index (χ4v) is 0.944. The Morgan fingerprint density at radius 1 is 1.50 bits per heavy atom. The molecule has 0 radical (unpaired) electrons. The first kappa shape index (κ1) is 10.4. The highest BCUT2D eigenvalue weighted by Gasteiger charge is 2.00. The highest BCUT2D eigenvalue weighted by Crippen LogP contribution is 2.11. The van der Waals surface area contributed by atoms with E-state index in [1.165, 1.54) is 0 Å². The molecule has 0 aliphatic heterocycles. The molecule has 0 unspecified atom stereocenters. The van der Waals surface area contributed by atoms with Crippen LogP contribution in [0.15, 0.2) is 24.3 Å². The first-order valence-electron chi connectivity index (χ1n) is 4.46. The Hall–Kier alpha value is -1.64. The van der Waals surface area contributed by atoms with E-state index < -0.39 is 0 Å². The summed E-state index contributed by atoms with van der Waals surface area (Å²) in [6, 6.07) is 6.73. The summed E-state index contributed by atoms with van der Waals surface area (Å²) in [5.41, 5.74) is 0.548. The summed E-state index contributed by atoms with van der Waals surface area (Å²) < 4.78 is 5.19. The van der Waals surface area contributed by atoms with Gasteiger partial charge in [-0.25, -0.2) is 0 Å². The van der Waals surface area contributed by atoms with Crippen molar-refractivity contribution in [1.29, 1.82) is 0 Å². The van der Waals surface area contributed by atoms with Crippen molar-refractivity contribution in [1.82, 2.24) is 0 Å². The molecule has 0 atom stereocenters. The van der Waals surface area contributed by atoms with Gasteiger partial charge in [0.15, 0.2) is 5.78 Å². The molecule has 1 rings (SSSR count). The van der Waals surface area contributed by atoms with Crippen LogP contribution in [0.1, 0.15) is 23.7 Å². The summed E-state index contributed by atoms with van der Waals surface area (Å²) in [5.74, 6) is 0.595. The maximum Gasteiger partial charge on any atom is 0.169 e. The molecule has 0 spiro atoms. The second-order valence-corrected chi connectivity index (χ2v) is 2.87. The van der Waals surface area contributed by atoms with Crippen molar-refractivity contribution in [2.75, 3.05) is 6.61 Å². The lowest BCUT2D eigenvalue weighted by Crippen LogP contribution is -2.09. The first-order chi connectivity index (χ1) is 6.76. The summed E-state index contributed by atoms with van der Waals surface area (Å²) in [5, 5.41) is 0. The first-order valence-corrected chi connectivity index (χ1v) is 4.46. The molecule has 1 aromatic rings. The number of hydrogen-bond donors (Lipinski definition) is 0. The van der Waals surface area contributed by atoms with E-state index in [9.17, 15) is 9.59 Å². The van der Waals surface area contributed by atoms with E-state index in [0.717, 1.165) is 6.29 Å². The number of ether oxygens (including phenoxy) is 1. The molecule has 0 saturated heterocycles. The zero-order chi connectivity index (χ0) is 10.4. The molecular formula is C11H12O3. The van der Waals surface area contributed by atoms with Crippen LogP contribution < -0.4 is 4.74 Å². The van der Waals surface area contributed by atoms with Crippen molar-refractivity contribution in [3.05, 3.63) is 29.8 Å². The molecule has 0 amide bonds. The molecule has 74 valence electrons. The van der Waals surface area contributed by atoms with E-state index in [-0.39, 0.29) is 12.4 Å². The molecule has 0 bridgehead atoms. The summed E-state index contributed by atoms with van der Waals surface area (Å²) in [4.78, 5) is 21.4. The lowest BCUT2D eigenvalue weighted by Gasteiger charge is -2.04. The highest BCUT2D eigenvalue weighted by molar-refractivity contribution is 5.79. The van der Waals surface area contributed by atoms with Gasteiger partial charge in [0.2, 0.25) is 0 Å². The topological polar surface area (TPSA) is 43.4 Å². The second-order valence-electron chi connectivity index (χ2n) is 2.87. The summed E-state index contributed by atoms with van der Waals surface area (Å²) in [6.45, 7) is 1.85. The third kappa shape index (κ3) is 3.01. The number of carbonyl (C=O) groups is 2. The SMILES string of the molecule is CCC(=O)COc1cccc(C=O)c1. The van der Waals surface area contributed by atoms with Crippen LogP contribution in [0.25, 0.3) is 0 Å². The predicted octanol–water partition coefficient (Wildman–Crippen LogP) is 1.86. The zero-order valence-electron chi connectivity index (χ0n) is 8.03. The largest absolute Gasteiger partial charge is 0.486 e. The van der Waals surface area contributed by atoms with E-state index in [2.05, 4.69) is 0 Å². The van der Waals surface area contributed by atoms with Gasteiger partial charge in [-0.3, -0.25) is 9.59 Å². The molecule has 0 aromatic heterocycles. The van der Waals surface area contributed by atoms with Crippen molar-refractivity contribution in [3.63, 3.8) is 0 Å². The summed E-state index contributed by atoms with van der Waals surface area (Å²) >= 11 is 0. The Morgan fingerprint density at radius 2 is 2.29 bits per heavy atom. The number of rotatable bonds is 5. The summed E-state index contributed by atoms with van der Waals surface area (Å²) in [7, 11) is 0. The van der Waals surface area contributed by atoms with Crippen molar-refractivity contribution >= 4 is 12.1 Å². The molecule has 0 N–H and O–H groups in total. The van der Waals surface area contributed by atoms with Gasteiger partial charge in [0, 0.05) is 12.0 Å². The van der Waals surface area contributed by atoms with Gasteiger partial charge in [-0.05, 0) is 12.1 Å². The lowest BCUT2D eigenvalue weighted by molar-refractivity contribution is -0.120.